The molecule has 4 aromatic rings. The molecule has 0 aliphatic carbocycles. The largest absolute Gasteiger partial charge is 0.493 e. The van der Waals surface area contributed by atoms with Crippen molar-refractivity contribution in [1.82, 2.24) is 20.3 Å². The van der Waals surface area contributed by atoms with E-state index in [9.17, 15) is 0 Å². The molecule has 3 aromatic heterocycles. The third-order valence-corrected chi connectivity index (χ3v) is 6.78. The van der Waals surface area contributed by atoms with Crippen molar-refractivity contribution >= 4 is 39.6 Å². The molecule has 0 aliphatic heterocycles. The number of thioether (sulfide) groups is 1. The molecule has 0 bridgehead atoms. The van der Waals surface area contributed by atoms with Crippen molar-refractivity contribution < 1.29 is 9.26 Å². The summed E-state index contributed by atoms with van der Waals surface area (Å²) in [6, 6.07) is 11.9. The number of rotatable bonds is 10. The molecule has 29 heavy (non-hydrogen) atoms. The standard InChI is InChI=1S/C19H19N5O2S3/c1-2-25-15-8-4-3-7-14(15)17-21-16(26-24-17)12-28-19-23-22-18(29-19)20-10-9-13-6-5-11-27-13/h3-8,11H,2,9-10,12H2,1H3,(H,20,22). The molecule has 10 heteroatoms. The number of benzene rings is 1. The predicted molar refractivity (Wildman–Crippen MR) is 117 cm³/mol. The van der Waals surface area contributed by atoms with Crippen LogP contribution in [0.3, 0.4) is 0 Å². The Bertz CT molecular complexity index is 1030. The van der Waals surface area contributed by atoms with Gasteiger partial charge < -0.3 is 14.6 Å². The first-order valence-electron chi connectivity index (χ1n) is 9.09. The van der Waals surface area contributed by atoms with Crippen LogP contribution >= 0.6 is 34.4 Å². The van der Waals surface area contributed by atoms with E-state index >= 15 is 0 Å². The first-order chi connectivity index (χ1) is 14.3. The van der Waals surface area contributed by atoms with E-state index in [2.05, 4.69) is 43.2 Å². The Morgan fingerprint density at radius 2 is 2.10 bits per heavy atom. The summed E-state index contributed by atoms with van der Waals surface area (Å²) < 4.78 is 11.9. The normalized spacial score (nSPS) is 10.9. The molecule has 0 spiro atoms. The highest BCUT2D eigenvalue weighted by Crippen LogP contribution is 2.30. The van der Waals surface area contributed by atoms with Crippen LogP contribution in [0.15, 0.2) is 50.6 Å². The van der Waals surface area contributed by atoms with Crippen molar-refractivity contribution in [2.24, 2.45) is 0 Å². The third kappa shape index (κ3) is 5.34. The SMILES string of the molecule is CCOc1ccccc1-c1noc(CSc2nnc(NCCc3cccs3)s2)n1. The fourth-order valence-corrected chi connectivity index (χ4v) is 4.89. The maximum absolute atomic E-state index is 5.64. The lowest BCUT2D eigenvalue weighted by Crippen LogP contribution is -2.03. The number of ether oxygens (including phenoxy) is 1. The molecule has 1 aromatic carbocycles. The highest BCUT2D eigenvalue weighted by atomic mass is 32.2. The van der Waals surface area contributed by atoms with Gasteiger partial charge in [0.15, 0.2) is 4.34 Å². The van der Waals surface area contributed by atoms with Crippen LogP contribution in [0.25, 0.3) is 11.4 Å². The fraction of sp³-hybridized carbons (Fsp3) is 0.263. The second-order valence-corrected chi connectivity index (χ2v) is 9.09. The molecule has 0 fully saturated rings. The summed E-state index contributed by atoms with van der Waals surface area (Å²) in [5.41, 5.74) is 0.822. The molecular formula is C19H19N5O2S3. The van der Waals surface area contributed by atoms with Gasteiger partial charge in [-0.3, -0.25) is 0 Å². The van der Waals surface area contributed by atoms with Crippen molar-refractivity contribution in [3.63, 3.8) is 0 Å². The number of para-hydroxylation sites is 1. The summed E-state index contributed by atoms with van der Waals surface area (Å²) in [5, 5.41) is 18.7. The van der Waals surface area contributed by atoms with Gasteiger partial charge in [0.05, 0.1) is 17.9 Å². The molecule has 0 amide bonds. The minimum Gasteiger partial charge on any atom is -0.493 e. The van der Waals surface area contributed by atoms with Crippen molar-refractivity contribution in [1.29, 1.82) is 0 Å². The average molecular weight is 446 g/mol. The first kappa shape index (κ1) is 19.9. The highest BCUT2D eigenvalue weighted by molar-refractivity contribution is 8.00. The van der Waals surface area contributed by atoms with Crippen molar-refractivity contribution in [3.05, 3.63) is 52.5 Å². The van der Waals surface area contributed by atoms with E-state index in [1.165, 1.54) is 28.0 Å². The number of thiophene rings is 1. The minimum atomic E-state index is 0.526. The fourth-order valence-electron chi connectivity index (χ4n) is 2.57. The summed E-state index contributed by atoms with van der Waals surface area (Å²) in [4.78, 5) is 5.84. The van der Waals surface area contributed by atoms with Gasteiger partial charge in [0.25, 0.3) is 0 Å². The third-order valence-electron chi connectivity index (χ3n) is 3.85. The molecule has 0 saturated carbocycles. The molecule has 0 unspecified atom stereocenters. The minimum absolute atomic E-state index is 0.526. The zero-order chi connectivity index (χ0) is 19.9. The van der Waals surface area contributed by atoms with Crippen LogP contribution in [0.1, 0.15) is 17.7 Å². The Kier molecular flexibility index (Phi) is 6.75. The second kappa shape index (κ2) is 9.86. The number of nitrogens with one attached hydrogen (secondary N) is 1. The first-order valence-corrected chi connectivity index (χ1v) is 11.8. The van der Waals surface area contributed by atoms with Crippen LogP contribution in [-0.4, -0.2) is 33.5 Å². The number of hydrogen-bond donors (Lipinski definition) is 1. The molecule has 7 nitrogen and oxygen atoms in total. The van der Waals surface area contributed by atoms with Gasteiger partial charge in [-0.2, -0.15) is 4.98 Å². The van der Waals surface area contributed by atoms with E-state index in [0.29, 0.717) is 24.1 Å². The Balaban J connectivity index is 1.31. The van der Waals surface area contributed by atoms with Crippen molar-refractivity contribution in [3.8, 4) is 17.1 Å². The average Bonchev–Trinajstić information content (AvgIpc) is 3.50. The summed E-state index contributed by atoms with van der Waals surface area (Å²) in [6.45, 7) is 3.37. The summed E-state index contributed by atoms with van der Waals surface area (Å²) in [6.07, 6.45) is 0.980. The topological polar surface area (TPSA) is 86.0 Å². The van der Waals surface area contributed by atoms with Crippen LogP contribution < -0.4 is 10.1 Å². The van der Waals surface area contributed by atoms with Crippen LogP contribution in [0.2, 0.25) is 0 Å². The molecule has 1 N–H and O–H groups in total. The smallest absolute Gasteiger partial charge is 0.237 e. The van der Waals surface area contributed by atoms with Gasteiger partial charge in [-0.15, -0.1) is 21.5 Å². The zero-order valence-corrected chi connectivity index (χ0v) is 18.1. The Hall–Kier alpha value is -2.43. The Morgan fingerprint density at radius 3 is 2.97 bits per heavy atom. The van der Waals surface area contributed by atoms with Crippen molar-refractivity contribution in [2.45, 2.75) is 23.4 Å². The Morgan fingerprint density at radius 1 is 1.17 bits per heavy atom. The van der Waals surface area contributed by atoms with E-state index in [0.717, 1.165) is 33.7 Å². The van der Waals surface area contributed by atoms with Gasteiger partial charge in [-0.05, 0) is 36.9 Å². The van der Waals surface area contributed by atoms with Gasteiger partial charge in [0.1, 0.15) is 5.75 Å². The molecular weight excluding hydrogens is 426 g/mol. The molecule has 0 aliphatic rings. The summed E-state index contributed by atoms with van der Waals surface area (Å²) >= 11 is 4.82. The molecule has 3 heterocycles. The van der Waals surface area contributed by atoms with E-state index in [1.54, 1.807) is 11.3 Å². The van der Waals surface area contributed by atoms with Crippen LogP contribution in [0, 0.1) is 0 Å². The van der Waals surface area contributed by atoms with Gasteiger partial charge in [-0.1, -0.05) is 46.5 Å². The Labute approximate surface area is 180 Å². The number of anilines is 1. The number of nitrogens with zero attached hydrogens (tertiary/aromatic N) is 4. The lowest BCUT2D eigenvalue weighted by molar-refractivity contribution is 0.341. The number of aromatic nitrogens is 4. The lowest BCUT2D eigenvalue weighted by atomic mass is 10.2. The van der Waals surface area contributed by atoms with Gasteiger partial charge in [-0.25, -0.2) is 0 Å². The lowest BCUT2D eigenvalue weighted by Gasteiger charge is -2.05. The van der Waals surface area contributed by atoms with E-state index < -0.39 is 0 Å². The van der Waals surface area contributed by atoms with Crippen LogP contribution in [0.4, 0.5) is 5.13 Å². The quantitative estimate of drug-likeness (QED) is 0.342. The van der Waals surface area contributed by atoms with E-state index in [-0.39, 0.29) is 0 Å². The molecule has 0 atom stereocenters. The monoisotopic (exact) mass is 445 g/mol. The maximum Gasteiger partial charge on any atom is 0.237 e. The van der Waals surface area contributed by atoms with E-state index in [4.69, 9.17) is 9.26 Å². The maximum atomic E-state index is 5.64. The van der Waals surface area contributed by atoms with Crippen molar-refractivity contribution in [2.75, 3.05) is 18.5 Å². The number of hydrogen-bond acceptors (Lipinski definition) is 10. The molecule has 150 valence electrons. The van der Waals surface area contributed by atoms with Gasteiger partial charge >= 0.3 is 0 Å². The zero-order valence-electron chi connectivity index (χ0n) is 15.7. The predicted octanol–water partition coefficient (Wildman–Crippen LogP) is 5.00. The second-order valence-electron chi connectivity index (χ2n) is 5.86. The van der Waals surface area contributed by atoms with Crippen LogP contribution in [0.5, 0.6) is 5.75 Å². The molecule has 0 saturated heterocycles. The van der Waals surface area contributed by atoms with Crippen LogP contribution in [-0.2, 0) is 12.2 Å². The molecule has 0 radical (unpaired) electrons. The highest BCUT2D eigenvalue weighted by Gasteiger charge is 2.14. The van der Waals surface area contributed by atoms with E-state index in [1.807, 2.05) is 31.2 Å². The summed E-state index contributed by atoms with van der Waals surface area (Å²) in [5.74, 6) is 2.35. The summed E-state index contributed by atoms with van der Waals surface area (Å²) in [7, 11) is 0. The van der Waals surface area contributed by atoms with Gasteiger partial charge in [0.2, 0.25) is 16.8 Å². The van der Waals surface area contributed by atoms with Gasteiger partial charge in [0, 0.05) is 11.4 Å². The molecule has 4 rings (SSSR count).